The maximum Gasteiger partial charge on any atom is 0.573 e. The molecule has 4 rings (SSSR count). The quantitative estimate of drug-likeness (QED) is 0.460. The molecule has 2 amide bonds. The molecular weight excluding hydrogens is 473 g/mol. The number of nitrogens with one attached hydrogen (secondary N) is 1. The lowest BCUT2D eigenvalue weighted by Gasteiger charge is -2.31. The number of hydrogen-bond acceptors (Lipinski definition) is 4. The fraction of sp³-hybridized carbons (Fsp3) is 0.259. The van der Waals surface area contributed by atoms with Crippen LogP contribution in [0.4, 0.5) is 18.9 Å². The van der Waals surface area contributed by atoms with E-state index in [4.69, 9.17) is 4.74 Å². The van der Waals surface area contributed by atoms with E-state index in [1.54, 1.807) is 54.3 Å². The van der Waals surface area contributed by atoms with E-state index in [0.29, 0.717) is 41.2 Å². The third-order valence-electron chi connectivity index (χ3n) is 5.85. The number of halogens is 3. The number of ether oxygens (including phenoxy) is 2. The predicted molar refractivity (Wildman–Crippen MR) is 129 cm³/mol. The van der Waals surface area contributed by atoms with Crippen LogP contribution in [0.2, 0.25) is 0 Å². The van der Waals surface area contributed by atoms with Gasteiger partial charge in [0.05, 0.1) is 0 Å². The number of piperidine rings is 1. The molecule has 3 aromatic rings. The Morgan fingerprint density at radius 2 is 1.61 bits per heavy atom. The number of nitrogens with zero attached hydrogens (tertiary/aromatic N) is 1. The SMILES string of the molecule is CC(=O)N1CCC(Oc2cccc(NC(=O)c3ccccc3-c3ccc(OC(F)(F)F)cc3)c2)CC1. The summed E-state index contributed by atoms with van der Waals surface area (Å²) in [4.78, 5) is 26.4. The monoisotopic (exact) mass is 498 g/mol. The number of anilines is 1. The van der Waals surface area contributed by atoms with Gasteiger partial charge in [-0.15, -0.1) is 13.2 Å². The highest BCUT2D eigenvalue weighted by Crippen LogP contribution is 2.29. The molecule has 1 heterocycles. The lowest BCUT2D eigenvalue weighted by atomic mass is 9.99. The number of amides is 2. The highest BCUT2D eigenvalue weighted by Gasteiger charge is 2.31. The molecule has 0 aliphatic carbocycles. The first-order valence-electron chi connectivity index (χ1n) is 11.5. The second kappa shape index (κ2) is 10.7. The molecule has 0 atom stereocenters. The van der Waals surface area contributed by atoms with Gasteiger partial charge in [0.15, 0.2) is 0 Å². The Labute approximate surface area is 206 Å². The van der Waals surface area contributed by atoms with Gasteiger partial charge in [0.25, 0.3) is 5.91 Å². The van der Waals surface area contributed by atoms with Gasteiger partial charge in [-0.3, -0.25) is 9.59 Å². The lowest BCUT2D eigenvalue weighted by Crippen LogP contribution is -2.40. The molecule has 36 heavy (non-hydrogen) atoms. The molecule has 0 spiro atoms. The number of rotatable bonds is 6. The van der Waals surface area contributed by atoms with Crippen LogP contribution < -0.4 is 14.8 Å². The topological polar surface area (TPSA) is 67.9 Å². The molecule has 1 saturated heterocycles. The van der Waals surface area contributed by atoms with Crippen LogP contribution in [0.3, 0.4) is 0 Å². The summed E-state index contributed by atoms with van der Waals surface area (Å²) < 4.78 is 47.3. The maximum absolute atomic E-state index is 13.1. The summed E-state index contributed by atoms with van der Waals surface area (Å²) in [5.74, 6) is -0.0308. The zero-order chi connectivity index (χ0) is 25.7. The van der Waals surface area contributed by atoms with E-state index in [0.717, 1.165) is 12.8 Å². The first-order chi connectivity index (χ1) is 17.2. The summed E-state index contributed by atoms with van der Waals surface area (Å²) >= 11 is 0. The van der Waals surface area contributed by atoms with Gasteiger partial charge >= 0.3 is 6.36 Å². The van der Waals surface area contributed by atoms with E-state index in [2.05, 4.69) is 10.1 Å². The van der Waals surface area contributed by atoms with Crippen LogP contribution in [0.15, 0.2) is 72.8 Å². The Hall–Kier alpha value is -4.01. The van der Waals surface area contributed by atoms with E-state index in [-0.39, 0.29) is 23.7 Å². The van der Waals surface area contributed by atoms with E-state index in [9.17, 15) is 22.8 Å². The smallest absolute Gasteiger partial charge is 0.490 e. The van der Waals surface area contributed by atoms with E-state index < -0.39 is 6.36 Å². The fourth-order valence-corrected chi connectivity index (χ4v) is 4.10. The zero-order valence-electron chi connectivity index (χ0n) is 19.5. The average Bonchev–Trinajstić information content (AvgIpc) is 2.84. The molecule has 1 fully saturated rings. The summed E-state index contributed by atoms with van der Waals surface area (Å²) in [5.41, 5.74) is 2.05. The van der Waals surface area contributed by atoms with Crippen molar-refractivity contribution in [1.82, 2.24) is 4.90 Å². The van der Waals surface area contributed by atoms with Crippen LogP contribution in [-0.4, -0.2) is 42.3 Å². The van der Waals surface area contributed by atoms with Gasteiger partial charge in [-0.2, -0.15) is 0 Å². The van der Waals surface area contributed by atoms with Crippen molar-refractivity contribution in [2.24, 2.45) is 0 Å². The molecule has 3 aromatic carbocycles. The van der Waals surface area contributed by atoms with Crippen molar-refractivity contribution in [2.45, 2.75) is 32.2 Å². The molecule has 1 aliphatic heterocycles. The summed E-state index contributed by atoms with van der Waals surface area (Å²) in [7, 11) is 0. The largest absolute Gasteiger partial charge is 0.573 e. The molecule has 0 aromatic heterocycles. The molecular formula is C27H25F3N2O4. The molecule has 0 radical (unpaired) electrons. The van der Waals surface area contributed by atoms with Crippen LogP contribution >= 0.6 is 0 Å². The van der Waals surface area contributed by atoms with Gasteiger partial charge in [0, 0.05) is 50.2 Å². The van der Waals surface area contributed by atoms with E-state index >= 15 is 0 Å². The highest BCUT2D eigenvalue weighted by atomic mass is 19.4. The molecule has 0 bridgehead atoms. The number of benzene rings is 3. The van der Waals surface area contributed by atoms with Gasteiger partial charge < -0.3 is 19.7 Å². The summed E-state index contributed by atoms with van der Waals surface area (Å²) in [5, 5.41) is 2.87. The fourth-order valence-electron chi connectivity index (χ4n) is 4.10. The Kier molecular flexibility index (Phi) is 7.47. The standard InChI is InChI=1S/C27H25F3N2O4/c1-18(33)32-15-13-21(14-16-32)35-23-6-4-5-20(17-23)31-26(34)25-8-3-2-7-24(25)19-9-11-22(12-10-19)36-27(28,29)30/h2-12,17,21H,13-16H2,1H3,(H,31,34). The van der Waals surface area contributed by atoms with Crippen LogP contribution in [0.1, 0.15) is 30.1 Å². The third kappa shape index (κ3) is 6.56. The first-order valence-corrected chi connectivity index (χ1v) is 11.5. The molecule has 0 unspecified atom stereocenters. The van der Waals surface area contributed by atoms with Crippen LogP contribution in [0.25, 0.3) is 11.1 Å². The Morgan fingerprint density at radius 3 is 2.28 bits per heavy atom. The second-order valence-corrected chi connectivity index (χ2v) is 8.42. The first kappa shape index (κ1) is 25.1. The summed E-state index contributed by atoms with van der Waals surface area (Å²) in [6.07, 6.45) is -3.33. The number of likely N-dealkylation sites (tertiary alicyclic amines) is 1. The minimum absolute atomic E-state index is 0.0171. The number of carbonyl (C=O) groups excluding carboxylic acids is 2. The lowest BCUT2D eigenvalue weighted by molar-refractivity contribution is -0.274. The number of carbonyl (C=O) groups is 2. The molecule has 0 saturated carbocycles. The zero-order valence-corrected chi connectivity index (χ0v) is 19.5. The van der Waals surface area contributed by atoms with Crippen LogP contribution in [0, 0.1) is 0 Å². The van der Waals surface area contributed by atoms with Gasteiger partial charge in [0.1, 0.15) is 17.6 Å². The minimum atomic E-state index is -4.77. The van der Waals surface area contributed by atoms with Crippen molar-refractivity contribution in [2.75, 3.05) is 18.4 Å². The second-order valence-electron chi connectivity index (χ2n) is 8.42. The molecule has 1 aliphatic rings. The van der Waals surface area contributed by atoms with E-state index in [1.807, 2.05) is 6.07 Å². The Morgan fingerprint density at radius 1 is 0.917 bits per heavy atom. The number of alkyl halides is 3. The summed E-state index contributed by atoms with van der Waals surface area (Å²) in [6, 6.07) is 19.3. The average molecular weight is 499 g/mol. The highest BCUT2D eigenvalue weighted by molar-refractivity contribution is 6.08. The molecule has 9 heteroatoms. The van der Waals surface area contributed by atoms with Crippen molar-refractivity contribution >= 4 is 17.5 Å². The predicted octanol–water partition coefficient (Wildman–Crippen LogP) is 5.89. The van der Waals surface area contributed by atoms with Crippen molar-refractivity contribution in [3.8, 4) is 22.6 Å². The molecule has 188 valence electrons. The van der Waals surface area contributed by atoms with E-state index in [1.165, 1.54) is 24.3 Å². The summed E-state index contributed by atoms with van der Waals surface area (Å²) in [6.45, 7) is 2.86. The van der Waals surface area contributed by atoms with Crippen LogP contribution in [0.5, 0.6) is 11.5 Å². The minimum Gasteiger partial charge on any atom is -0.490 e. The Bertz CT molecular complexity index is 1220. The van der Waals surface area contributed by atoms with Gasteiger partial charge in [-0.25, -0.2) is 0 Å². The van der Waals surface area contributed by atoms with Crippen molar-refractivity contribution < 1.29 is 32.2 Å². The normalized spacial score (nSPS) is 14.3. The van der Waals surface area contributed by atoms with Gasteiger partial charge in [-0.1, -0.05) is 36.4 Å². The Balaban J connectivity index is 1.44. The van der Waals surface area contributed by atoms with Crippen molar-refractivity contribution in [3.05, 3.63) is 78.4 Å². The third-order valence-corrected chi connectivity index (χ3v) is 5.85. The van der Waals surface area contributed by atoms with Gasteiger partial charge in [-0.05, 0) is 41.5 Å². The molecule has 1 N–H and O–H groups in total. The van der Waals surface area contributed by atoms with Crippen molar-refractivity contribution in [1.29, 1.82) is 0 Å². The van der Waals surface area contributed by atoms with Crippen molar-refractivity contribution in [3.63, 3.8) is 0 Å². The van der Waals surface area contributed by atoms with Crippen LogP contribution in [-0.2, 0) is 4.79 Å². The maximum atomic E-state index is 13.1. The molecule has 6 nitrogen and oxygen atoms in total. The number of hydrogen-bond donors (Lipinski definition) is 1. The van der Waals surface area contributed by atoms with Gasteiger partial charge in [0.2, 0.25) is 5.91 Å².